The predicted molar refractivity (Wildman–Crippen MR) is 85.3 cm³/mol. The number of aromatic nitrogens is 1. The van der Waals surface area contributed by atoms with Gasteiger partial charge in [0.2, 0.25) is 5.91 Å². The summed E-state index contributed by atoms with van der Waals surface area (Å²) in [5.41, 5.74) is 6.10. The smallest absolute Gasteiger partial charge is 0.251 e. The van der Waals surface area contributed by atoms with Crippen molar-refractivity contribution in [2.24, 2.45) is 11.7 Å². The molecule has 0 spiro atoms. The van der Waals surface area contributed by atoms with Crippen LogP contribution in [0.3, 0.4) is 0 Å². The molecule has 1 saturated heterocycles. The van der Waals surface area contributed by atoms with Gasteiger partial charge in [-0.05, 0) is 32.6 Å². The maximum Gasteiger partial charge on any atom is 0.251 e. The van der Waals surface area contributed by atoms with Gasteiger partial charge >= 0.3 is 0 Å². The van der Waals surface area contributed by atoms with Crippen molar-refractivity contribution in [2.45, 2.75) is 38.8 Å². The van der Waals surface area contributed by atoms with Crippen molar-refractivity contribution in [1.29, 1.82) is 0 Å². The van der Waals surface area contributed by atoms with Crippen LogP contribution in [0.1, 0.15) is 37.0 Å². The number of likely N-dealkylation sites (tertiary alicyclic amines) is 1. The molecule has 1 fully saturated rings. The standard InChI is InChI=1S/C16H24N4O3/c1-11(17)16(22)19-7-3-13(4-8-19)12(2)18-15(21)14-5-9-20(23)10-6-14/h5-6,9-13H,3-4,7-8,17H2,1-2H3,(H,18,21). The Morgan fingerprint density at radius 2 is 1.87 bits per heavy atom. The normalized spacial score (nSPS) is 18.3. The second-order valence-electron chi connectivity index (χ2n) is 6.16. The maximum absolute atomic E-state index is 12.2. The van der Waals surface area contributed by atoms with Gasteiger partial charge in [0.1, 0.15) is 0 Å². The zero-order valence-corrected chi connectivity index (χ0v) is 13.6. The van der Waals surface area contributed by atoms with Gasteiger partial charge in [-0.25, -0.2) is 0 Å². The molecule has 2 amide bonds. The van der Waals surface area contributed by atoms with Gasteiger partial charge in [0.25, 0.3) is 5.91 Å². The molecule has 1 aliphatic heterocycles. The molecule has 1 aliphatic rings. The molecule has 0 aliphatic carbocycles. The molecule has 0 saturated carbocycles. The highest BCUT2D eigenvalue weighted by molar-refractivity contribution is 5.94. The number of pyridine rings is 1. The molecule has 1 aromatic heterocycles. The third-order valence-electron chi connectivity index (χ3n) is 4.37. The lowest BCUT2D eigenvalue weighted by Gasteiger charge is -2.35. The predicted octanol–water partition coefficient (Wildman–Crippen LogP) is 0.0241. The molecule has 0 radical (unpaired) electrons. The highest BCUT2D eigenvalue weighted by Crippen LogP contribution is 2.21. The monoisotopic (exact) mass is 320 g/mol. The van der Waals surface area contributed by atoms with Gasteiger partial charge in [-0.15, -0.1) is 0 Å². The second kappa shape index (κ2) is 7.41. The third-order valence-corrected chi connectivity index (χ3v) is 4.37. The zero-order chi connectivity index (χ0) is 17.0. The van der Waals surface area contributed by atoms with E-state index in [1.165, 1.54) is 24.5 Å². The van der Waals surface area contributed by atoms with E-state index in [-0.39, 0.29) is 17.9 Å². The number of hydrogen-bond donors (Lipinski definition) is 2. The highest BCUT2D eigenvalue weighted by atomic mass is 16.5. The van der Waals surface area contributed by atoms with Gasteiger partial charge < -0.3 is 21.2 Å². The number of nitrogens with two attached hydrogens (primary N) is 1. The number of piperidine rings is 1. The Balaban J connectivity index is 1.85. The van der Waals surface area contributed by atoms with Crippen molar-refractivity contribution < 1.29 is 14.3 Å². The summed E-state index contributed by atoms with van der Waals surface area (Å²) in [6.07, 6.45) is 4.29. The Morgan fingerprint density at radius 1 is 1.30 bits per heavy atom. The van der Waals surface area contributed by atoms with Crippen LogP contribution in [0.4, 0.5) is 0 Å². The van der Waals surface area contributed by atoms with Gasteiger partial charge in [-0.2, -0.15) is 4.73 Å². The fourth-order valence-corrected chi connectivity index (χ4v) is 2.88. The minimum Gasteiger partial charge on any atom is -0.619 e. The largest absolute Gasteiger partial charge is 0.619 e. The summed E-state index contributed by atoms with van der Waals surface area (Å²) < 4.78 is 0.644. The molecule has 1 aromatic rings. The summed E-state index contributed by atoms with van der Waals surface area (Å²) in [5.74, 6) is 0.117. The Hall–Kier alpha value is -2.15. The van der Waals surface area contributed by atoms with Gasteiger partial charge in [-0.3, -0.25) is 9.59 Å². The van der Waals surface area contributed by atoms with Crippen LogP contribution in [-0.2, 0) is 4.79 Å². The van der Waals surface area contributed by atoms with Crippen LogP contribution < -0.4 is 15.8 Å². The number of nitrogens with zero attached hydrogens (tertiary/aromatic N) is 2. The Kier molecular flexibility index (Phi) is 5.54. The van der Waals surface area contributed by atoms with Gasteiger partial charge in [0, 0.05) is 31.3 Å². The zero-order valence-electron chi connectivity index (χ0n) is 13.6. The van der Waals surface area contributed by atoms with Crippen molar-refractivity contribution in [1.82, 2.24) is 10.2 Å². The lowest BCUT2D eigenvalue weighted by molar-refractivity contribution is -0.605. The van der Waals surface area contributed by atoms with Crippen molar-refractivity contribution in [3.8, 4) is 0 Å². The SMILES string of the molecule is CC(N)C(=O)N1CCC(C(C)NC(=O)c2cc[n+]([O-])cc2)CC1. The second-order valence-corrected chi connectivity index (χ2v) is 6.16. The highest BCUT2D eigenvalue weighted by Gasteiger charge is 2.28. The molecule has 7 nitrogen and oxygen atoms in total. The topological polar surface area (TPSA) is 102 Å². The fraction of sp³-hybridized carbons (Fsp3) is 0.562. The average Bonchev–Trinajstić information content (AvgIpc) is 2.54. The molecule has 2 atom stereocenters. The van der Waals surface area contributed by atoms with Crippen molar-refractivity contribution in [2.75, 3.05) is 13.1 Å². The molecule has 0 bridgehead atoms. The van der Waals surface area contributed by atoms with Crippen molar-refractivity contribution in [3.63, 3.8) is 0 Å². The minimum atomic E-state index is -0.467. The lowest BCUT2D eigenvalue weighted by atomic mass is 9.90. The first kappa shape index (κ1) is 17.2. The minimum absolute atomic E-state index is 0.00892. The number of rotatable bonds is 4. The first-order chi connectivity index (χ1) is 10.9. The number of nitrogens with one attached hydrogen (secondary N) is 1. The summed E-state index contributed by atoms with van der Waals surface area (Å²) >= 11 is 0. The Morgan fingerprint density at radius 3 is 2.39 bits per heavy atom. The molecule has 2 rings (SSSR count). The summed E-state index contributed by atoms with van der Waals surface area (Å²) in [6, 6.07) is 2.54. The number of carbonyl (C=O) groups excluding carboxylic acids is 2. The van der Waals surface area contributed by atoms with E-state index in [0.29, 0.717) is 29.3 Å². The van der Waals surface area contributed by atoms with Crippen LogP contribution in [0.2, 0.25) is 0 Å². The Labute approximate surface area is 136 Å². The quantitative estimate of drug-likeness (QED) is 0.603. The number of carbonyl (C=O) groups is 2. The lowest BCUT2D eigenvalue weighted by Crippen LogP contribution is -2.49. The first-order valence-corrected chi connectivity index (χ1v) is 7.92. The van der Waals surface area contributed by atoms with Crippen LogP contribution in [0.5, 0.6) is 0 Å². The maximum atomic E-state index is 12.2. The molecule has 3 N–H and O–H groups in total. The van der Waals surface area contributed by atoms with E-state index in [2.05, 4.69) is 5.32 Å². The van der Waals surface area contributed by atoms with Crippen LogP contribution in [0.15, 0.2) is 24.5 Å². The van der Waals surface area contributed by atoms with Crippen LogP contribution >= 0.6 is 0 Å². The summed E-state index contributed by atoms with van der Waals surface area (Å²) in [7, 11) is 0. The van der Waals surface area contributed by atoms with E-state index in [1.54, 1.807) is 11.8 Å². The van der Waals surface area contributed by atoms with E-state index in [4.69, 9.17) is 5.73 Å². The van der Waals surface area contributed by atoms with E-state index in [0.717, 1.165) is 12.8 Å². The molecular formula is C16H24N4O3. The van der Waals surface area contributed by atoms with Gasteiger partial charge in [0.15, 0.2) is 12.4 Å². The fourth-order valence-electron chi connectivity index (χ4n) is 2.88. The molecule has 0 aromatic carbocycles. The molecule has 2 unspecified atom stereocenters. The van der Waals surface area contributed by atoms with Crippen LogP contribution in [-0.4, -0.2) is 41.9 Å². The van der Waals surface area contributed by atoms with Crippen molar-refractivity contribution >= 4 is 11.8 Å². The first-order valence-electron chi connectivity index (χ1n) is 7.92. The van der Waals surface area contributed by atoms with E-state index < -0.39 is 6.04 Å². The third kappa shape index (κ3) is 4.41. The molecule has 23 heavy (non-hydrogen) atoms. The molecule has 126 valence electrons. The van der Waals surface area contributed by atoms with Crippen LogP contribution in [0, 0.1) is 11.1 Å². The van der Waals surface area contributed by atoms with E-state index >= 15 is 0 Å². The average molecular weight is 320 g/mol. The number of amides is 2. The number of hydrogen-bond acceptors (Lipinski definition) is 4. The molecular weight excluding hydrogens is 296 g/mol. The van der Waals surface area contributed by atoms with Gasteiger partial charge in [0.05, 0.1) is 11.6 Å². The summed E-state index contributed by atoms with van der Waals surface area (Å²) in [5, 5.41) is 14.0. The van der Waals surface area contributed by atoms with Crippen molar-refractivity contribution in [3.05, 3.63) is 35.3 Å². The molecule has 2 heterocycles. The van der Waals surface area contributed by atoms with Crippen LogP contribution in [0.25, 0.3) is 0 Å². The Bertz CT molecular complexity index is 551. The molecule has 7 heteroatoms. The summed E-state index contributed by atoms with van der Waals surface area (Å²) in [6.45, 7) is 5.02. The van der Waals surface area contributed by atoms with Gasteiger partial charge in [-0.1, -0.05) is 0 Å². The summed E-state index contributed by atoms with van der Waals surface area (Å²) in [4.78, 5) is 25.8. The van der Waals surface area contributed by atoms with E-state index in [1.807, 2.05) is 6.92 Å². The van der Waals surface area contributed by atoms with E-state index in [9.17, 15) is 14.8 Å².